The molecule has 0 bridgehead atoms. The first-order valence-corrected chi connectivity index (χ1v) is 9.45. The standard InChI is InChI=1S/C19H21N3O5S/c1-2-22-17(24)16(13-21-14-6-4-3-5-7-14)28-18(22)15(12-20)19(25)27-11-10-26-9-8-23/h3-7,13,21,23H,2,8-11H2,1H3/b16-13+,18-15-. The second-order valence-corrected chi connectivity index (χ2v) is 6.46. The Balaban J connectivity index is 2.32. The Morgan fingerprint density at radius 3 is 2.71 bits per heavy atom. The van der Waals surface area contributed by atoms with Gasteiger partial charge in [0.1, 0.15) is 21.9 Å². The van der Waals surface area contributed by atoms with Gasteiger partial charge in [-0.3, -0.25) is 9.36 Å². The fraction of sp³-hybridized carbons (Fsp3) is 0.316. The van der Waals surface area contributed by atoms with E-state index in [-0.39, 0.29) is 42.2 Å². The number of thiazole rings is 1. The zero-order valence-corrected chi connectivity index (χ0v) is 16.2. The van der Waals surface area contributed by atoms with E-state index in [0.717, 1.165) is 17.0 Å². The van der Waals surface area contributed by atoms with Crippen LogP contribution in [-0.4, -0.2) is 42.1 Å². The highest BCUT2D eigenvalue weighted by atomic mass is 32.1. The number of nitrogens with zero attached hydrogens (tertiary/aromatic N) is 2. The highest BCUT2D eigenvalue weighted by Gasteiger charge is 2.16. The van der Waals surface area contributed by atoms with Gasteiger partial charge in [-0.25, -0.2) is 4.79 Å². The van der Waals surface area contributed by atoms with Crippen LogP contribution in [-0.2, 0) is 20.8 Å². The normalized spacial score (nSPS) is 12.4. The molecule has 0 amide bonds. The van der Waals surface area contributed by atoms with E-state index in [4.69, 9.17) is 14.6 Å². The lowest BCUT2D eigenvalue weighted by molar-refractivity contribution is -0.138. The molecule has 0 fully saturated rings. The maximum Gasteiger partial charge on any atom is 0.352 e. The number of aromatic nitrogens is 1. The molecular formula is C19H21N3O5S. The van der Waals surface area contributed by atoms with Crippen molar-refractivity contribution in [3.05, 3.63) is 49.9 Å². The first kappa shape index (κ1) is 21.4. The Morgan fingerprint density at radius 1 is 1.32 bits per heavy atom. The third kappa shape index (κ3) is 5.53. The Hall–Kier alpha value is -2.93. The molecule has 2 rings (SSSR count). The number of aliphatic hydroxyl groups excluding tert-OH is 1. The van der Waals surface area contributed by atoms with Crippen molar-refractivity contribution in [1.29, 1.82) is 5.26 Å². The number of ether oxygens (including phenoxy) is 2. The summed E-state index contributed by atoms with van der Waals surface area (Å²) < 4.78 is 12.0. The van der Waals surface area contributed by atoms with Gasteiger partial charge in [-0.1, -0.05) is 18.2 Å². The Kier molecular flexibility index (Phi) is 8.42. The highest BCUT2D eigenvalue weighted by Crippen LogP contribution is 2.04. The van der Waals surface area contributed by atoms with Crippen LogP contribution in [0.15, 0.2) is 35.1 Å². The summed E-state index contributed by atoms with van der Waals surface area (Å²) in [6.07, 6.45) is 1.56. The van der Waals surface area contributed by atoms with Crippen LogP contribution in [0.2, 0.25) is 0 Å². The fourth-order valence-electron chi connectivity index (χ4n) is 2.29. The van der Waals surface area contributed by atoms with E-state index in [9.17, 15) is 14.9 Å². The zero-order valence-electron chi connectivity index (χ0n) is 15.4. The zero-order chi connectivity index (χ0) is 20.4. The van der Waals surface area contributed by atoms with Crippen LogP contribution in [0.4, 0.5) is 5.69 Å². The number of carbonyl (C=O) groups excluding carboxylic acids is 1. The van der Waals surface area contributed by atoms with Crippen molar-refractivity contribution in [3.63, 3.8) is 0 Å². The molecule has 0 aliphatic heterocycles. The number of hydrogen-bond donors (Lipinski definition) is 2. The van der Waals surface area contributed by atoms with Crippen LogP contribution < -0.4 is 20.1 Å². The van der Waals surface area contributed by atoms with Crippen molar-refractivity contribution < 1.29 is 19.4 Å². The first-order valence-electron chi connectivity index (χ1n) is 8.64. The number of esters is 1. The number of nitriles is 1. The average Bonchev–Trinajstić information content (AvgIpc) is 3.02. The van der Waals surface area contributed by atoms with Gasteiger partial charge in [0.15, 0.2) is 5.57 Å². The summed E-state index contributed by atoms with van der Waals surface area (Å²) in [5.41, 5.74) is 0.287. The monoisotopic (exact) mass is 403 g/mol. The van der Waals surface area contributed by atoms with E-state index < -0.39 is 5.97 Å². The number of hydrogen-bond acceptors (Lipinski definition) is 8. The minimum absolute atomic E-state index is 0.0553. The average molecular weight is 403 g/mol. The van der Waals surface area contributed by atoms with Gasteiger partial charge < -0.3 is 19.9 Å². The third-order valence-corrected chi connectivity index (χ3v) is 4.72. The van der Waals surface area contributed by atoms with Gasteiger partial charge in [0.05, 0.1) is 19.8 Å². The summed E-state index contributed by atoms with van der Waals surface area (Å²) in [6.45, 7) is 2.13. The number of benzene rings is 1. The number of nitrogens with one attached hydrogen (secondary N) is 1. The summed E-state index contributed by atoms with van der Waals surface area (Å²) in [4.78, 5) is 24.9. The molecule has 0 atom stereocenters. The molecule has 9 heteroatoms. The number of carbonyl (C=O) groups is 1. The summed E-state index contributed by atoms with van der Waals surface area (Å²) >= 11 is 1.05. The molecule has 0 saturated carbocycles. The largest absolute Gasteiger partial charge is 0.459 e. The van der Waals surface area contributed by atoms with E-state index in [1.807, 2.05) is 36.4 Å². The molecule has 148 valence electrons. The summed E-state index contributed by atoms with van der Waals surface area (Å²) in [5, 5.41) is 21.1. The minimum atomic E-state index is -0.818. The SMILES string of the molecule is CCn1c(=O)/c(=C\Nc2ccccc2)s/c1=C(/C#N)C(=O)OCCOCCO. The molecular weight excluding hydrogens is 382 g/mol. The number of rotatable bonds is 9. The Morgan fingerprint density at radius 2 is 2.07 bits per heavy atom. The van der Waals surface area contributed by atoms with Crippen LogP contribution in [0.5, 0.6) is 0 Å². The van der Waals surface area contributed by atoms with Gasteiger partial charge in [-0.2, -0.15) is 5.26 Å². The summed E-state index contributed by atoms with van der Waals surface area (Å²) in [6, 6.07) is 11.2. The van der Waals surface area contributed by atoms with Gasteiger partial charge in [-0.05, 0) is 19.1 Å². The minimum Gasteiger partial charge on any atom is -0.459 e. The number of para-hydroxylation sites is 1. The molecule has 0 saturated heterocycles. The van der Waals surface area contributed by atoms with Gasteiger partial charge in [0.25, 0.3) is 5.56 Å². The van der Waals surface area contributed by atoms with E-state index in [1.54, 1.807) is 13.1 Å². The van der Waals surface area contributed by atoms with Gasteiger partial charge in [0.2, 0.25) is 0 Å². The van der Waals surface area contributed by atoms with Crippen molar-refractivity contribution in [2.45, 2.75) is 13.5 Å². The molecule has 2 N–H and O–H groups in total. The van der Waals surface area contributed by atoms with E-state index in [1.165, 1.54) is 4.57 Å². The maximum atomic E-state index is 12.6. The number of anilines is 1. The van der Waals surface area contributed by atoms with Crippen LogP contribution in [0.3, 0.4) is 0 Å². The van der Waals surface area contributed by atoms with E-state index >= 15 is 0 Å². The van der Waals surface area contributed by atoms with Crippen LogP contribution >= 0.6 is 11.3 Å². The Labute approximate surface area is 165 Å². The summed E-state index contributed by atoms with van der Waals surface area (Å²) in [7, 11) is 0. The lowest BCUT2D eigenvalue weighted by Crippen LogP contribution is -2.32. The lowest BCUT2D eigenvalue weighted by atomic mass is 10.3. The fourth-order valence-corrected chi connectivity index (χ4v) is 3.37. The van der Waals surface area contributed by atoms with Crippen LogP contribution in [0.1, 0.15) is 6.92 Å². The van der Waals surface area contributed by atoms with Gasteiger partial charge >= 0.3 is 5.97 Å². The highest BCUT2D eigenvalue weighted by molar-refractivity contribution is 7.07. The Bertz CT molecular complexity index is 1000. The number of aliphatic hydroxyl groups is 1. The maximum absolute atomic E-state index is 12.6. The molecule has 0 radical (unpaired) electrons. The molecule has 0 unspecified atom stereocenters. The molecule has 0 aliphatic carbocycles. The van der Waals surface area contributed by atoms with Gasteiger partial charge in [0, 0.05) is 18.4 Å². The first-order chi connectivity index (χ1) is 13.6. The second-order valence-electron chi connectivity index (χ2n) is 5.43. The molecule has 1 heterocycles. The van der Waals surface area contributed by atoms with Crippen molar-refractivity contribution in [1.82, 2.24) is 4.57 Å². The molecule has 8 nitrogen and oxygen atoms in total. The second kappa shape index (κ2) is 11.0. The predicted octanol–water partition coefficient (Wildman–Crippen LogP) is 0.00618. The van der Waals surface area contributed by atoms with E-state index in [2.05, 4.69) is 5.32 Å². The summed E-state index contributed by atoms with van der Waals surface area (Å²) in [5.74, 6) is -0.818. The molecule has 2 aromatic rings. The van der Waals surface area contributed by atoms with Gasteiger partial charge in [-0.15, -0.1) is 11.3 Å². The van der Waals surface area contributed by atoms with Crippen LogP contribution in [0.25, 0.3) is 11.8 Å². The van der Waals surface area contributed by atoms with Crippen molar-refractivity contribution >= 4 is 34.8 Å². The smallest absolute Gasteiger partial charge is 0.352 e. The van der Waals surface area contributed by atoms with Crippen molar-refractivity contribution in [2.24, 2.45) is 0 Å². The van der Waals surface area contributed by atoms with Crippen molar-refractivity contribution in [2.75, 3.05) is 31.7 Å². The molecule has 1 aromatic heterocycles. The molecule has 1 aromatic carbocycles. The molecule has 28 heavy (non-hydrogen) atoms. The van der Waals surface area contributed by atoms with Crippen LogP contribution in [0, 0.1) is 11.3 Å². The van der Waals surface area contributed by atoms with E-state index in [0.29, 0.717) is 11.1 Å². The topological polar surface area (TPSA) is 114 Å². The molecule has 0 spiro atoms. The molecule has 0 aliphatic rings. The predicted molar refractivity (Wildman–Crippen MR) is 106 cm³/mol. The third-order valence-electron chi connectivity index (χ3n) is 3.59. The lowest BCUT2D eigenvalue weighted by Gasteiger charge is -2.04. The quantitative estimate of drug-likeness (QED) is 0.448. The van der Waals surface area contributed by atoms with Crippen molar-refractivity contribution in [3.8, 4) is 6.07 Å².